The van der Waals surface area contributed by atoms with Gasteiger partial charge in [-0.15, -0.1) is 0 Å². The van der Waals surface area contributed by atoms with Gasteiger partial charge in [0.1, 0.15) is 0 Å². The Hall–Kier alpha value is -1.30. The van der Waals surface area contributed by atoms with Gasteiger partial charge in [-0.3, -0.25) is 4.90 Å². The van der Waals surface area contributed by atoms with Gasteiger partial charge in [-0.2, -0.15) is 0 Å². The van der Waals surface area contributed by atoms with Crippen LogP contribution in [0.25, 0.3) is 0 Å². The van der Waals surface area contributed by atoms with Crippen LogP contribution < -0.4 is 10.1 Å². The summed E-state index contributed by atoms with van der Waals surface area (Å²) in [6.07, 6.45) is 0. The van der Waals surface area contributed by atoms with E-state index in [1.54, 1.807) is 6.07 Å². The van der Waals surface area contributed by atoms with Gasteiger partial charge in [0, 0.05) is 26.2 Å². The molecule has 2 rings (SSSR count). The Morgan fingerprint density at radius 2 is 2.11 bits per heavy atom. The van der Waals surface area contributed by atoms with Crippen LogP contribution in [0.4, 0.5) is 0 Å². The van der Waals surface area contributed by atoms with E-state index in [-0.39, 0.29) is 18.4 Å². The van der Waals surface area contributed by atoms with Crippen LogP contribution in [0.5, 0.6) is 11.5 Å². The molecule has 19 heavy (non-hydrogen) atoms. The van der Waals surface area contributed by atoms with Crippen molar-refractivity contribution in [3.05, 3.63) is 23.8 Å². The molecule has 0 amide bonds. The average molecular weight is 266 g/mol. The minimum atomic E-state index is -0.0399. The highest BCUT2D eigenvalue weighted by molar-refractivity contribution is 5.42. The van der Waals surface area contributed by atoms with Gasteiger partial charge in [0.15, 0.2) is 11.5 Å². The SMILES string of the molecule is CCOc1cc(C(CO)N2CCNCC2)ccc1O. The highest BCUT2D eigenvalue weighted by atomic mass is 16.5. The minimum Gasteiger partial charge on any atom is -0.504 e. The predicted molar refractivity (Wildman–Crippen MR) is 73.5 cm³/mol. The molecule has 0 spiro atoms. The number of piperazine rings is 1. The summed E-state index contributed by atoms with van der Waals surface area (Å²) < 4.78 is 5.40. The molecule has 1 heterocycles. The smallest absolute Gasteiger partial charge is 0.161 e. The first-order valence-corrected chi connectivity index (χ1v) is 6.77. The lowest BCUT2D eigenvalue weighted by Crippen LogP contribution is -2.46. The Bertz CT molecular complexity index is 406. The molecule has 0 bridgehead atoms. The van der Waals surface area contributed by atoms with Crippen molar-refractivity contribution in [3.8, 4) is 11.5 Å². The second kappa shape index (κ2) is 6.75. The fraction of sp³-hybridized carbons (Fsp3) is 0.571. The van der Waals surface area contributed by atoms with Crippen LogP contribution in [-0.4, -0.2) is 54.5 Å². The molecular weight excluding hydrogens is 244 g/mol. The predicted octanol–water partition coefficient (Wildman–Crippen LogP) is 0.729. The molecule has 0 radical (unpaired) electrons. The first kappa shape index (κ1) is 14.1. The number of phenols is 1. The summed E-state index contributed by atoms with van der Waals surface area (Å²) in [4.78, 5) is 2.25. The maximum atomic E-state index is 9.72. The highest BCUT2D eigenvalue weighted by Crippen LogP contribution is 2.31. The van der Waals surface area contributed by atoms with E-state index >= 15 is 0 Å². The molecule has 106 valence electrons. The molecular formula is C14H22N2O3. The molecule has 0 saturated carbocycles. The van der Waals surface area contributed by atoms with Gasteiger partial charge in [0.2, 0.25) is 0 Å². The average Bonchev–Trinajstić information content (AvgIpc) is 2.44. The normalized spacial score (nSPS) is 18.2. The Morgan fingerprint density at radius 1 is 1.37 bits per heavy atom. The Balaban J connectivity index is 2.19. The second-order valence-corrected chi connectivity index (χ2v) is 4.64. The third-order valence-electron chi connectivity index (χ3n) is 3.43. The molecule has 1 aliphatic heterocycles. The summed E-state index contributed by atoms with van der Waals surface area (Å²) in [5, 5.41) is 22.7. The molecule has 5 nitrogen and oxygen atoms in total. The van der Waals surface area contributed by atoms with Gasteiger partial charge in [-0.05, 0) is 24.6 Å². The fourth-order valence-corrected chi connectivity index (χ4v) is 2.43. The third kappa shape index (κ3) is 3.37. The molecule has 1 saturated heterocycles. The Kier molecular flexibility index (Phi) is 5.01. The van der Waals surface area contributed by atoms with E-state index in [1.165, 1.54) is 0 Å². The number of nitrogens with one attached hydrogen (secondary N) is 1. The monoisotopic (exact) mass is 266 g/mol. The van der Waals surface area contributed by atoms with Crippen LogP contribution >= 0.6 is 0 Å². The number of benzene rings is 1. The number of hydrogen-bond acceptors (Lipinski definition) is 5. The van der Waals surface area contributed by atoms with Crippen molar-refractivity contribution in [1.29, 1.82) is 0 Å². The number of aliphatic hydroxyl groups is 1. The number of nitrogens with zero attached hydrogens (tertiary/aromatic N) is 1. The number of ether oxygens (including phenoxy) is 1. The first-order chi connectivity index (χ1) is 9.26. The van der Waals surface area contributed by atoms with E-state index in [4.69, 9.17) is 4.74 Å². The van der Waals surface area contributed by atoms with Crippen molar-refractivity contribution in [2.75, 3.05) is 39.4 Å². The van der Waals surface area contributed by atoms with Crippen molar-refractivity contribution in [3.63, 3.8) is 0 Å². The highest BCUT2D eigenvalue weighted by Gasteiger charge is 2.22. The maximum absolute atomic E-state index is 9.72. The first-order valence-electron chi connectivity index (χ1n) is 6.77. The summed E-state index contributed by atoms with van der Waals surface area (Å²) in [5.41, 5.74) is 0.977. The molecule has 3 N–H and O–H groups in total. The molecule has 1 aromatic rings. The van der Waals surface area contributed by atoms with E-state index in [9.17, 15) is 10.2 Å². The number of hydrogen-bond donors (Lipinski definition) is 3. The molecule has 1 atom stereocenters. The van der Waals surface area contributed by atoms with Crippen LogP contribution in [0.1, 0.15) is 18.5 Å². The lowest BCUT2D eigenvalue weighted by Gasteiger charge is -2.34. The van der Waals surface area contributed by atoms with Crippen molar-refractivity contribution in [1.82, 2.24) is 10.2 Å². The van der Waals surface area contributed by atoms with Crippen LogP contribution in [0.2, 0.25) is 0 Å². The van der Waals surface area contributed by atoms with Crippen LogP contribution in [-0.2, 0) is 0 Å². The van der Waals surface area contributed by atoms with Gasteiger partial charge in [0.05, 0.1) is 19.3 Å². The molecule has 5 heteroatoms. The molecule has 0 aromatic heterocycles. The molecule has 1 aliphatic rings. The second-order valence-electron chi connectivity index (χ2n) is 4.64. The maximum Gasteiger partial charge on any atom is 0.161 e. The van der Waals surface area contributed by atoms with E-state index in [0.717, 1.165) is 31.7 Å². The summed E-state index contributed by atoms with van der Waals surface area (Å²) >= 11 is 0. The van der Waals surface area contributed by atoms with E-state index in [0.29, 0.717) is 12.4 Å². The van der Waals surface area contributed by atoms with Gasteiger partial charge in [-0.1, -0.05) is 6.07 Å². The third-order valence-corrected chi connectivity index (χ3v) is 3.43. The van der Waals surface area contributed by atoms with Crippen LogP contribution in [0.3, 0.4) is 0 Å². The quantitative estimate of drug-likeness (QED) is 0.733. The van der Waals surface area contributed by atoms with E-state index in [2.05, 4.69) is 10.2 Å². The molecule has 1 aromatic carbocycles. The summed E-state index contributed by atoms with van der Waals surface area (Å²) in [7, 11) is 0. The Morgan fingerprint density at radius 3 is 2.74 bits per heavy atom. The zero-order valence-electron chi connectivity index (χ0n) is 11.3. The fourth-order valence-electron chi connectivity index (χ4n) is 2.43. The topological polar surface area (TPSA) is 65.0 Å². The summed E-state index contributed by atoms with van der Waals surface area (Å²) in [6.45, 7) is 6.16. The lowest BCUT2D eigenvalue weighted by molar-refractivity contribution is 0.110. The number of phenolic OH excluding ortho intramolecular Hbond substituents is 1. The van der Waals surface area contributed by atoms with Crippen molar-refractivity contribution < 1.29 is 14.9 Å². The van der Waals surface area contributed by atoms with Crippen LogP contribution in [0, 0.1) is 0 Å². The van der Waals surface area contributed by atoms with Gasteiger partial charge >= 0.3 is 0 Å². The standard InChI is InChI=1S/C14H22N2O3/c1-2-19-14-9-11(3-4-13(14)18)12(10-17)16-7-5-15-6-8-16/h3-4,9,12,15,17-18H,2,5-8,10H2,1H3. The minimum absolute atomic E-state index is 0.0399. The van der Waals surface area contributed by atoms with Gasteiger partial charge in [0.25, 0.3) is 0 Å². The van der Waals surface area contributed by atoms with Crippen molar-refractivity contribution >= 4 is 0 Å². The number of rotatable bonds is 5. The Labute approximate surface area is 113 Å². The molecule has 1 unspecified atom stereocenters. The summed E-state index contributed by atoms with van der Waals surface area (Å²) in [6, 6.07) is 5.26. The van der Waals surface area contributed by atoms with Crippen molar-refractivity contribution in [2.24, 2.45) is 0 Å². The lowest BCUT2D eigenvalue weighted by atomic mass is 10.0. The summed E-state index contributed by atoms with van der Waals surface area (Å²) in [5.74, 6) is 0.621. The van der Waals surface area contributed by atoms with E-state index in [1.807, 2.05) is 19.1 Å². The van der Waals surface area contributed by atoms with Gasteiger partial charge < -0.3 is 20.3 Å². The zero-order valence-corrected chi connectivity index (χ0v) is 11.3. The largest absolute Gasteiger partial charge is 0.504 e. The number of aromatic hydroxyl groups is 1. The van der Waals surface area contributed by atoms with Gasteiger partial charge in [-0.25, -0.2) is 0 Å². The number of aliphatic hydroxyl groups excluding tert-OH is 1. The zero-order chi connectivity index (χ0) is 13.7. The van der Waals surface area contributed by atoms with E-state index < -0.39 is 0 Å². The van der Waals surface area contributed by atoms with Crippen molar-refractivity contribution in [2.45, 2.75) is 13.0 Å². The van der Waals surface area contributed by atoms with Crippen LogP contribution in [0.15, 0.2) is 18.2 Å². The molecule has 0 aliphatic carbocycles. The molecule has 1 fully saturated rings.